The van der Waals surface area contributed by atoms with E-state index in [0.717, 1.165) is 16.0 Å². The Hall–Kier alpha value is -8.59. The quantitative estimate of drug-likeness (QED) is 0.0186. The lowest BCUT2D eigenvalue weighted by Gasteiger charge is -2.42. The Labute approximate surface area is 571 Å². The minimum absolute atomic E-state index is 0.0158. The Balaban J connectivity index is 1.02. The lowest BCUT2D eigenvalue weighted by molar-refractivity contribution is -0.198. The molecule has 4 bridgehead atoms. The summed E-state index contributed by atoms with van der Waals surface area (Å²) in [6, 6.07) is 5.32. The molecule has 4 aliphatic rings. The third-order valence-corrected chi connectivity index (χ3v) is 17.7. The normalized spacial score (nSPS) is 23.6. The number of aromatic nitrogens is 1. The number of epoxide rings is 1. The van der Waals surface area contributed by atoms with E-state index in [1.165, 1.54) is 58.5 Å². The summed E-state index contributed by atoms with van der Waals surface area (Å²) in [4.78, 5) is 144. The van der Waals surface area contributed by atoms with Crippen LogP contribution >= 0.6 is 23.8 Å². The molecule has 5 heterocycles. The molecule has 97 heavy (non-hydrogen) atoms. The number of halogens is 1. The highest BCUT2D eigenvalue weighted by Crippen LogP contribution is 2.49. The number of anilines is 2. The maximum atomic E-state index is 14.7. The molecule has 0 aliphatic carbocycles. The van der Waals surface area contributed by atoms with E-state index in [-0.39, 0.29) is 116 Å². The molecule has 7 rings (SSSR count). The van der Waals surface area contributed by atoms with Gasteiger partial charge in [0, 0.05) is 76.6 Å². The van der Waals surface area contributed by atoms with Crippen LogP contribution in [-0.4, -0.2) is 206 Å². The number of amides is 9. The van der Waals surface area contributed by atoms with E-state index < -0.39 is 126 Å². The van der Waals surface area contributed by atoms with Crippen molar-refractivity contribution in [2.45, 2.75) is 147 Å². The molecular formula is C65H86ClN11O19S. The van der Waals surface area contributed by atoms with Crippen LogP contribution in [0.5, 0.6) is 5.75 Å². The van der Waals surface area contributed by atoms with Crippen LogP contribution in [0.25, 0.3) is 10.9 Å². The summed E-state index contributed by atoms with van der Waals surface area (Å²) in [6.45, 7) is 11.0. The Kier molecular flexibility index (Phi) is 26.6. The number of nitrogens with zero attached hydrogens (tertiary/aromatic N) is 4. The van der Waals surface area contributed by atoms with E-state index in [9.17, 15) is 53.1 Å². The number of esters is 1. The number of benzene rings is 2. The molecule has 3 saturated heterocycles. The molecule has 0 unspecified atom stereocenters. The number of methoxy groups -OCH3 is 2. The maximum absolute atomic E-state index is 14.7. The smallest absolute Gasteiger partial charge is 0.409 e. The predicted molar refractivity (Wildman–Crippen MR) is 355 cm³/mol. The standard InChI is InChI=1S/C65H86ClN11O19S/c1-35(2)54(73-62(97)70-25-27-92-29-28-91-26-22-52(81)96-77-49(78)20-21-50(77)79)58(83)72-43(16-13-24-69-61(67)86)57(82)71-42-19-18-41(40-15-12-23-68-55(40)42)59(84)75(7)38(5)60(85)94-48-33-51(80)76(8)44-31-39(32-45(89-9)53(44)66)30-36(3)14-11-17-47(90-10)65(88)34-46(93-63(87)74-65)37(4)56-64(48,6)95-56/h11-12,14-15,17-19,23,31-32,35,37-38,43,46-48,54,56,88H,13,16,20-22,24-30,33-34H2,1-10H3,(H,71,82)(H,72,83)(H,74,87)(H3,67,69,86)(H2,70,73,97)/b17-11+,36-14+/t37-,38+,43+,46+,47-,48+,54+,56+,64+,65+/m1/s1. The lowest BCUT2D eigenvalue weighted by atomic mass is 9.83. The molecule has 4 aliphatic heterocycles. The Morgan fingerprint density at radius 1 is 0.959 bits per heavy atom. The molecule has 3 aromatic rings. The number of hydrogen-bond donors (Lipinski definition) is 8. The number of nitrogens with one attached hydrogen (secondary N) is 6. The van der Waals surface area contributed by atoms with Crippen LogP contribution in [0.4, 0.5) is 21.0 Å². The van der Waals surface area contributed by atoms with Crippen molar-refractivity contribution in [3.05, 3.63) is 82.5 Å². The number of nitrogens with two attached hydrogens (primary N) is 1. The van der Waals surface area contributed by atoms with Crippen LogP contribution in [0.15, 0.2) is 66.4 Å². The Morgan fingerprint density at radius 2 is 1.67 bits per heavy atom. The van der Waals surface area contributed by atoms with Gasteiger partial charge in [0.2, 0.25) is 17.7 Å². The van der Waals surface area contributed by atoms with Crippen molar-refractivity contribution in [2.75, 3.05) is 78.0 Å². The van der Waals surface area contributed by atoms with E-state index in [2.05, 4.69) is 36.9 Å². The number of allylic oxidation sites excluding steroid dienone is 3. The third-order valence-electron chi connectivity index (χ3n) is 17.1. The first-order chi connectivity index (χ1) is 46.0. The molecule has 1 aromatic heterocycles. The highest BCUT2D eigenvalue weighted by molar-refractivity contribution is 7.80. The summed E-state index contributed by atoms with van der Waals surface area (Å²) in [7, 11) is 5.76. The number of hydrogen-bond acceptors (Lipinski definition) is 21. The highest BCUT2D eigenvalue weighted by Gasteiger charge is 2.64. The molecule has 32 heteroatoms. The Bertz CT molecular complexity index is 3510. The maximum Gasteiger partial charge on any atom is 0.409 e. The fourth-order valence-electron chi connectivity index (χ4n) is 11.3. The number of hydroxylamine groups is 2. The van der Waals surface area contributed by atoms with Crippen LogP contribution in [-0.2, 0) is 73.2 Å². The third kappa shape index (κ3) is 19.6. The van der Waals surface area contributed by atoms with Crippen molar-refractivity contribution in [3.8, 4) is 5.75 Å². The Morgan fingerprint density at radius 3 is 2.35 bits per heavy atom. The first-order valence-corrected chi connectivity index (χ1v) is 32.4. The molecule has 9 N–H and O–H groups in total. The van der Waals surface area contributed by atoms with Crippen LogP contribution in [0.3, 0.4) is 0 Å². The number of thiocarbonyl (C=S) groups is 1. The van der Waals surface area contributed by atoms with Crippen molar-refractivity contribution in [3.63, 3.8) is 0 Å². The number of imide groups is 1. The number of aliphatic hydroxyl groups is 1. The summed E-state index contributed by atoms with van der Waals surface area (Å²) in [5.74, 6) is -6.06. The lowest BCUT2D eigenvalue weighted by Crippen LogP contribution is -2.63. The fourth-order valence-corrected chi connectivity index (χ4v) is 11.9. The predicted octanol–water partition coefficient (Wildman–Crippen LogP) is 3.77. The summed E-state index contributed by atoms with van der Waals surface area (Å²) >= 11 is 12.4. The van der Waals surface area contributed by atoms with E-state index in [1.54, 1.807) is 64.1 Å². The van der Waals surface area contributed by atoms with Gasteiger partial charge in [0.25, 0.3) is 17.7 Å². The molecule has 0 radical (unpaired) electrons. The van der Waals surface area contributed by atoms with Crippen molar-refractivity contribution >= 4 is 111 Å². The summed E-state index contributed by atoms with van der Waals surface area (Å²) in [5, 5.41) is 29.6. The molecule has 3 fully saturated rings. The SMILES string of the molecule is COc1cc2cc(c1Cl)N(C)C(=O)C[C@H](OC(=O)[C@H](C)N(C)C(=O)c1ccc(NC(=O)[C@H](CCCNC(N)=O)NC(=O)[C@@H](NC(=S)NCCOCCOCCC(=O)ON3C(=O)CCC3=O)C(C)C)c3ncccc13)[C@]1(C)O[C@H]1[C@H](C)[C@@H]1C[C@@](O)(NC(=O)O1)[C@H](OC)/C=C/C=C(\C)C2. The molecule has 0 saturated carbocycles. The van der Waals surface area contributed by atoms with Gasteiger partial charge in [-0.15, -0.1) is 5.06 Å². The minimum Gasteiger partial charge on any atom is -0.495 e. The number of rotatable bonds is 26. The van der Waals surface area contributed by atoms with Crippen LogP contribution in [0, 0.1) is 11.8 Å². The van der Waals surface area contributed by atoms with E-state index in [0.29, 0.717) is 22.9 Å². The van der Waals surface area contributed by atoms with E-state index in [4.69, 9.17) is 67.5 Å². The van der Waals surface area contributed by atoms with Gasteiger partial charge >= 0.3 is 24.1 Å². The number of primary amides is 1. The van der Waals surface area contributed by atoms with Gasteiger partial charge in [-0.25, -0.2) is 19.2 Å². The van der Waals surface area contributed by atoms with E-state index >= 15 is 0 Å². The zero-order valence-electron chi connectivity index (χ0n) is 55.8. The van der Waals surface area contributed by atoms with Gasteiger partial charge in [0.15, 0.2) is 10.8 Å². The topological polar surface area (TPSA) is 389 Å². The number of pyridine rings is 1. The molecule has 2 aromatic carbocycles. The molecule has 10 atom stereocenters. The number of likely N-dealkylation sites (N-methyl/N-ethyl adjacent to an activating group) is 1. The molecule has 9 amide bonds. The molecule has 30 nitrogen and oxygen atoms in total. The van der Waals surface area contributed by atoms with Gasteiger partial charge in [-0.3, -0.25) is 39.1 Å². The van der Waals surface area contributed by atoms with Gasteiger partial charge in [-0.2, -0.15) is 0 Å². The average molecular weight is 1390 g/mol. The van der Waals surface area contributed by atoms with Crippen molar-refractivity contribution in [1.29, 1.82) is 0 Å². The zero-order valence-corrected chi connectivity index (χ0v) is 57.4. The summed E-state index contributed by atoms with van der Waals surface area (Å²) in [5.41, 5.74) is 4.29. The van der Waals surface area contributed by atoms with Crippen molar-refractivity contribution in [2.24, 2.45) is 17.6 Å². The number of carbonyl (C=O) groups excluding carboxylic acids is 10. The molecule has 528 valence electrons. The van der Waals surface area contributed by atoms with Crippen LogP contribution in [0.2, 0.25) is 5.02 Å². The van der Waals surface area contributed by atoms with Crippen molar-refractivity contribution in [1.82, 2.24) is 41.5 Å². The molecule has 0 spiro atoms. The second-order valence-corrected chi connectivity index (χ2v) is 25.3. The van der Waals surface area contributed by atoms with Crippen LogP contribution in [0.1, 0.15) is 102 Å². The highest BCUT2D eigenvalue weighted by atomic mass is 35.5. The van der Waals surface area contributed by atoms with Gasteiger partial charge < -0.3 is 85.2 Å². The second kappa shape index (κ2) is 34.1. The molecular weight excluding hydrogens is 1310 g/mol. The van der Waals surface area contributed by atoms with Gasteiger partial charge in [0.1, 0.15) is 52.8 Å². The monoisotopic (exact) mass is 1390 g/mol. The number of urea groups is 1. The second-order valence-electron chi connectivity index (χ2n) is 24.5. The van der Waals surface area contributed by atoms with Gasteiger partial charge in [-0.1, -0.05) is 62.2 Å². The fraction of sp³-hybridized carbons (Fsp3) is 0.538. The van der Waals surface area contributed by atoms with E-state index in [1.807, 2.05) is 13.0 Å². The summed E-state index contributed by atoms with van der Waals surface area (Å²) < 4.78 is 40.7. The number of ether oxygens (including phenoxy) is 7. The van der Waals surface area contributed by atoms with Gasteiger partial charge in [0.05, 0.1) is 69.4 Å². The zero-order chi connectivity index (χ0) is 71.1. The van der Waals surface area contributed by atoms with Crippen molar-refractivity contribution < 1.29 is 91.0 Å². The number of carbonyl (C=O) groups is 10. The van der Waals surface area contributed by atoms with Crippen LogP contribution < -0.4 is 47.3 Å². The largest absolute Gasteiger partial charge is 0.495 e. The number of fused-ring (bicyclic) bond motifs is 6. The first kappa shape index (κ1) is 75.8. The first-order valence-electron chi connectivity index (χ1n) is 31.7. The number of alkyl carbamates (subject to hydrolysis) is 1. The minimum atomic E-state index is -1.93. The van der Waals surface area contributed by atoms with Gasteiger partial charge in [-0.05, 0) is 94.1 Å². The average Bonchev–Trinajstić information content (AvgIpc) is 1.58. The summed E-state index contributed by atoms with van der Waals surface area (Å²) in [6.07, 6.45) is 1.33.